The van der Waals surface area contributed by atoms with Gasteiger partial charge in [0.05, 0.1) is 6.42 Å². The van der Waals surface area contributed by atoms with E-state index in [1.54, 1.807) is 6.07 Å². The van der Waals surface area contributed by atoms with Crippen molar-refractivity contribution in [1.82, 2.24) is 0 Å². The summed E-state index contributed by atoms with van der Waals surface area (Å²) in [6.07, 6.45) is 0.288. The molecule has 0 heterocycles. The monoisotopic (exact) mass is 243 g/mol. The van der Waals surface area contributed by atoms with E-state index in [1.807, 2.05) is 37.3 Å². The van der Waals surface area contributed by atoms with Gasteiger partial charge in [0.15, 0.2) is 0 Å². The van der Waals surface area contributed by atoms with Crippen LogP contribution in [0.5, 0.6) is 0 Å². The van der Waals surface area contributed by atoms with Crippen molar-refractivity contribution in [2.75, 3.05) is 5.32 Å². The molecular formula is C15H14FNO. The Morgan fingerprint density at radius 2 is 1.89 bits per heavy atom. The van der Waals surface area contributed by atoms with Crippen molar-refractivity contribution in [2.24, 2.45) is 0 Å². The van der Waals surface area contributed by atoms with Gasteiger partial charge in [-0.05, 0) is 30.2 Å². The molecule has 18 heavy (non-hydrogen) atoms. The highest BCUT2D eigenvalue weighted by atomic mass is 19.1. The Morgan fingerprint density at radius 1 is 1.17 bits per heavy atom. The van der Waals surface area contributed by atoms with E-state index in [2.05, 4.69) is 5.32 Å². The predicted octanol–water partition coefficient (Wildman–Crippen LogP) is 3.32. The van der Waals surface area contributed by atoms with Crippen LogP contribution in [-0.4, -0.2) is 5.91 Å². The van der Waals surface area contributed by atoms with Crippen molar-refractivity contribution in [3.63, 3.8) is 0 Å². The van der Waals surface area contributed by atoms with Crippen LogP contribution in [0, 0.1) is 12.7 Å². The first-order chi connectivity index (χ1) is 8.65. The van der Waals surface area contributed by atoms with E-state index in [1.165, 1.54) is 12.1 Å². The number of amides is 1. The summed E-state index contributed by atoms with van der Waals surface area (Å²) in [7, 11) is 0. The summed E-state index contributed by atoms with van der Waals surface area (Å²) in [6.45, 7) is 1.83. The van der Waals surface area contributed by atoms with Crippen LogP contribution in [-0.2, 0) is 11.2 Å². The zero-order valence-corrected chi connectivity index (χ0v) is 10.1. The SMILES string of the molecule is Cc1ccc(F)cc1NC(=O)Cc1ccccc1. The molecule has 0 aliphatic rings. The summed E-state index contributed by atoms with van der Waals surface area (Å²) in [6, 6.07) is 13.8. The third kappa shape index (κ3) is 3.17. The summed E-state index contributed by atoms with van der Waals surface area (Å²) in [5.74, 6) is -0.495. The highest BCUT2D eigenvalue weighted by Gasteiger charge is 2.06. The van der Waals surface area contributed by atoms with Crippen molar-refractivity contribution < 1.29 is 9.18 Å². The maximum Gasteiger partial charge on any atom is 0.228 e. The van der Waals surface area contributed by atoms with E-state index in [4.69, 9.17) is 0 Å². The fraction of sp³-hybridized carbons (Fsp3) is 0.133. The molecule has 2 aromatic rings. The highest BCUT2D eigenvalue weighted by Crippen LogP contribution is 2.16. The fourth-order valence-corrected chi connectivity index (χ4v) is 1.70. The first-order valence-electron chi connectivity index (χ1n) is 5.75. The van der Waals surface area contributed by atoms with Crippen molar-refractivity contribution in [1.29, 1.82) is 0 Å². The molecule has 0 fully saturated rings. The molecule has 0 bridgehead atoms. The Hall–Kier alpha value is -2.16. The smallest absolute Gasteiger partial charge is 0.228 e. The molecule has 0 aliphatic heterocycles. The van der Waals surface area contributed by atoms with Crippen LogP contribution < -0.4 is 5.32 Å². The van der Waals surface area contributed by atoms with Gasteiger partial charge < -0.3 is 5.32 Å². The number of hydrogen-bond donors (Lipinski definition) is 1. The molecule has 1 N–H and O–H groups in total. The zero-order chi connectivity index (χ0) is 13.0. The van der Waals surface area contributed by atoms with Crippen LogP contribution in [0.3, 0.4) is 0 Å². The van der Waals surface area contributed by atoms with Gasteiger partial charge in [-0.15, -0.1) is 0 Å². The van der Waals surface area contributed by atoms with Crippen LogP contribution in [0.2, 0.25) is 0 Å². The summed E-state index contributed by atoms with van der Waals surface area (Å²) in [5.41, 5.74) is 2.30. The molecule has 2 aromatic carbocycles. The lowest BCUT2D eigenvalue weighted by atomic mass is 10.1. The Labute approximate surface area is 105 Å². The van der Waals surface area contributed by atoms with Gasteiger partial charge in [0.2, 0.25) is 5.91 Å². The van der Waals surface area contributed by atoms with Gasteiger partial charge in [-0.2, -0.15) is 0 Å². The number of hydrogen-bond acceptors (Lipinski definition) is 1. The van der Waals surface area contributed by atoms with Gasteiger partial charge >= 0.3 is 0 Å². The first-order valence-corrected chi connectivity index (χ1v) is 5.75. The van der Waals surface area contributed by atoms with E-state index < -0.39 is 0 Å². The van der Waals surface area contributed by atoms with Crippen LogP contribution in [0.4, 0.5) is 10.1 Å². The van der Waals surface area contributed by atoms with Gasteiger partial charge in [0.25, 0.3) is 0 Å². The van der Waals surface area contributed by atoms with Gasteiger partial charge in [-0.3, -0.25) is 4.79 Å². The number of nitrogens with one attached hydrogen (secondary N) is 1. The minimum absolute atomic E-state index is 0.144. The minimum Gasteiger partial charge on any atom is -0.325 e. The van der Waals surface area contributed by atoms with Gasteiger partial charge in [0, 0.05) is 5.69 Å². The number of halogens is 1. The van der Waals surface area contributed by atoms with Crippen molar-refractivity contribution >= 4 is 11.6 Å². The number of rotatable bonds is 3. The first kappa shape index (κ1) is 12.3. The van der Waals surface area contributed by atoms with Crippen LogP contribution >= 0.6 is 0 Å². The topological polar surface area (TPSA) is 29.1 Å². The minimum atomic E-state index is -0.351. The van der Waals surface area contributed by atoms with Crippen LogP contribution in [0.15, 0.2) is 48.5 Å². The van der Waals surface area contributed by atoms with Gasteiger partial charge in [-0.1, -0.05) is 36.4 Å². The maximum atomic E-state index is 13.1. The molecule has 0 spiro atoms. The summed E-state index contributed by atoms with van der Waals surface area (Å²) in [4.78, 5) is 11.8. The predicted molar refractivity (Wildman–Crippen MR) is 69.9 cm³/mol. The van der Waals surface area contributed by atoms with E-state index >= 15 is 0 Å². The molecule has 0 saturated carbocycles. The van der Waals surface area contributed by atoms with Crippen molar-refractivity contribution in [2.45, 2.75) is 13.3 Å². The Bertz CT molecular complexity index is 552. The molecule has 2 nitrogen and oxygen atoms in total. The second-order valence-electron chi connectivity index (χ2n) is 4.17. The second-order valence-corrected chi connectivity index (χ2v) is 4.17. The number of carbonyl (C=O) groups is 1. The lowest BCUT2D eigenvalue weighted by Gasteiger charge is -2.08. The fourth-order valence-electron chi connectivity index (χ4n) is 1.70. The average Bonchev–Trinajstić information content (AvgIpc) is 2.35. The molecule has 1 amide bonds. The number of carbonyl (C=O) groups excluding carboxylic acids is 1. The molecule has 92 valence electrons. The number of aryl methyl sites for hydroxylation is 1. The quantitative estimate of drug-likeness (QED) is 0.880. The molecule has 0 radical (unpaired) electrons. The highest BCUT2D eigenvalue weighted by molar-refractivity contribution is 5.92. The van der Waals surface area contributed by atoms with Crippen LogP contribution in [0.1, 0.15) is 11.1 Å². The molecule has 0 unspecified atom stereocenters. The van der Waals surface area contributed by atoms with E-state index in [0.717, 1.165) is 11.1 Å². The normalized spacial score (nSPS) is 10.1. The van der Waals surface area contributed by atoms with Crippen molar-refractivity contribution in [3.8, 4) is 0 Å². The van der Waals surface area contributed by atoms with E-state index in [-0.39, 0.29) is 18.1 Å². The summed E-state index contributed by atoms with van der Waals surface area (Å²) >= 11 is 0. The lowest BCUT2D eigenvalue weighted by molar-refractivity contribution is -0.115. The van der Waals surface area contributed by atoms with Crippen LogP contribution in [0.25, 0.3) is 0 Å². The summed E-state index contributed by atoms with van der Waals surface area (Å²) in [5, 5.41) is 2.72. The standard InChI is InChI=1S/C15H14FNO/c1-11-7-8-13(16)10-14(11)17-15(18)9-12-5-3-2-4-6-12/h2-8,10H,9H2,1H3,(H,17,18). The largest absolute Gasteiger partial charge is 0.325 e. The molecule has 0 saturated heterocycles. The third-order valence-electron chi connectivity index (χ3n) is 2.68. The number of anilines is 1. The molecule has 0 atom stereocenters. The molecule has 3 heteroatoms. The molecule has 0 aliphatic carbocycles. The van der Waals surface area contributed by atoms with E-state index in [9.17, 15) is 9.18 Å². The lowest BCUT2D eigenvalue weighted by Crippen LogP contribution is -2.15. The maximum absolute atomic E-state index is 13.1. The molecule has 0 aromatic heterocycles. The Morgan fingerprint density at radius 3 is 2.61 bits per heavy atom. The van der Waals surface area contributed by atoms with Gasteiger partial charge in [-0.25, -0.2) is 4.39 Å². The third-order valence-corrected chi connectivity index (χ3v) is 2.68. The van der Waals surface area contributed by atoms with Gasteiger partial charge in [0.1, 0.15) is 5.82 Å². The molecular weight excluding hydrogens is 229 g/mol. The molecule has 2 rings (SSSR count). The zero-order valence-electron chi connectivity index (χ0n) is 10.1. The second kappa shape index (κ2) is 5.45. The average molecular weight is 243 g/mol. The Balaban J connectivity index is 2.05. The summed E-state index contributed by atoms with van der Waals surface area (Å²) < 4.78 is 13.1. The Kier molecular flexibility index (Phi) is 3.72. The number of benzene rings is 2. The van der Waals surface area contributed by atoms with Crippen molar-refractivity contribution in [3.05, 3.63) is 65.5 Å². The van der Waals surface area contributed by atoms with E-state index in [0.29, 0.717) is 5.69 Å².